The lowest BCUT2D eigenvalue weighted by Gasteiger charge is -2.35. The van der Waals surface area contributed by atoms with Gasteiger partial charge in [0.05, 0.1) is 91.5 Å². The third kappa shape index (κ3) is 42.3. The number of carbonyl (C=O) groups excluding carboxylic acids is 7. The van der Waals surface area contributed by atoms with E-state index in [2.05, 4.69) is 47.2 Å². The number of carbonyl (C=O) groups is 7. The average molecular weight is 1380 g/mol. The van der Waals surface area contributed by atoms with E-state index in [4.69, 9.17) is 43.2 Å². The zero-order valence-electron chi connectivity index (χ0n) is 42.7. The largest absolute Gasteiger partial charge is 0.379 e. The highest BCUT2D eigenvalue weighted by Crippen LogP contribution is 2.23. The molecule has 422 valence electrons. The van der Waals surface area contributed by atoms with Gasteiger partial charge in [0, 0.05) is 89.2 Å². The summed E-state index contributed by atoms with van der Waals surface area (Å²) in [6.45, 7) is 10.2. The number of ether oxygens (including phenoxy) is 6. The van der Waals surface area contributed by atoms with Gasteiger partial charge in [-0.05, 0) is 52.5 Å². The van der Waals surface area contributed by atoms with Gasteiger partial charge in [0.1, 0.15) is 80.2 Å². The maximum Gasteiger partial charge on any atom is 0.251 e. The number of amides is 7. The van der Waals surface area contributed by atoms with Crippen molar-refractivity contribution in [2.45, 2.75) is 109 Å². The van der Waals surface area contributed by atoms with Crippen molar-refractivity contribution in [2.24, 2.45) is 5.11 Å². The molecule has 0 radical (unpaired) electrons. The van der Waals surface area contributed by atoms with E-state index >= 15 is 0 Å². The molecule has 73 heavy (non-hydrogen) atoms. The van der Waals surface area contributed by atoms with Crippen molar-refractivity contribution >= 4 is 110 Å². The number of nitrogens with one attached hydrogen (secondary N) is 7. The first kappa shape index (κ1) is 70.4. The van der Waals surface area contributed by atoms with Crippen LogP contribution >= 0.6 is 69.0 Å². The van der Waals surface area contributed by atoms with E-state index in [-0.39, 0.29) is 166 Å². The van der Waals surface area contributed by atoms with Crippen molar-refractivity contribution in [1.82, 2.24) is 37.2 Å². The van der Waals surface area contributed by atoms with Gasteiger partial charge in [-0.25, -0.2) is 0 Å². The molecule has 0 aliphatic heterocycles. The molecule has 0 aliphatic rings. The van der Waals surface area contributed by atoms with E-state index in [1.54, 1.807) is 82.9 Å². The molecule has 0 atom stereocenters. The molecule has 0 saturated carbocycles. The smallest absolute Gasteiger partial charge is 0.251 e. The molecule has 0 fully saturated rings. The van der Waals surface area contributed by atoms with Crippen LogP contribution in [0, 0.1) is 0 Å². The van der Waals surface area contributed by atoms with Crippen LogP contribution in [0.4, 0.5) is 0 Å². The van der Waals surface area contributed by atoms with Gasteiger partial charge in [0.25, 0.3) is 5.91 Å². The van der Waals surface area contributed by atoms with Crippen LogP contribution in [-0.2, 0) is 71.2 Å². The lowest BCUT2D eigenvalue weighted by Crippen LogP contribution is -2.58. The van der Waals surface area contributed by atoms with E-state index < -0.39 is 16.7 Å². The lowest BCUT2D eigenvalue weighted by molar-refractivity contribution is -0.163. The van der Waals surface area contributed by atoms with Gasteiger partial charge in [-0.15, -0.1) is 0 Å². The monoisotopic (exact) mass is 1380 g/mol. The van der Waals surface area contributed by atoms with Crippen molar-refractivity contribution in [3.8, 4) is 0 Å². The van der Waals surface area contributed by atoms with Crippen LogP contribution in [0.3, 0.4) is 0 Å². The van der Waals surface area contributed by atoms with Gasteiger partial charge in [0.15, 0.2) is 0 Å². The predicted molar refractivity (Wildman–Crippen MR) is 292 cm³/mol. The summed E-state index contributed by atoms with van der Waals surface area (Å²) in [6.07, 6.45) is 2.42. The van der Waals surface area contributed by atoms with Gasteiger partial charge in [-0.2, -0.15) is 0 Å². The molecule has 0 aromatic heterocycles. The first-order chi connectivity index (χ1) is 34.9. The Bertz CT molecular complexity index is 1570. The van der Waals surface area contributed by atoms with Gasteiger partial charge >= 0.3 is 0 Å². The summed E-state index contributed by atoms with van der Waals surface area (Å²) in [5.74, 6) is -1.96. The Morgan fingerprint density at radius 2 is 0.849 bits per heavy atom. The van der Waals surface area contributed by atoms with Crippen LogP contribution in [-0.4, -0.2) is 190 Å². The average Bonchev–Trinajstić information content (AvgIpc) is 3.33. The summed E-state index contributed by atoms with van der Waals surface area (Å²) in [5.41, 5.74) is 5.34. The van der Waals surface area contributed by atoms with Crippen LogP contribution in [0.2, 0.25) is 0 Å². The van der Waals surface area contributed by atoms with Crippen molar-refractivity contribution in [2.75, 3.05) is 132 Å². The summed E-state index contributed by atoms with van der Waals surface area (Å²) in [5, 5.41) is 23.0. The van der Waals surface area contributed by atoms with Crippen molar-refractivity contribution in [3.05, 3.63) is 10.4 Å². The quantitative estimate of drug-likeness (QED) is 0.0151. The first-order valence-corrected chi connectivity index (χ1v) is 26.8. The topological polar surface area (TPSA) is 336 Å². The highest BCUT2D eigenvalue weighted by Gasteiger charge is 2.36. The van der Waals surface area contributed by atoms with Gasteiger partial charge in [-0.1, -0.05) is 11.5 Å². The molecule has 0 heterocycles. The molecule has 0 saturated heterocycles. The molecule has 7 N–H and O–H groups in total. The second-order valence-corrected chi connectivity index (χ2v) is 19.2. The molecule has 0 spiro atoms. The Balaban J connectivity index is 5.63. The minimum atomic E-state index is -1.33. The molecule has 0 rings (SSSR count). The minimum Gasteiger partial charge on any atom is -0.379 e. The Kier molecular flexibility index (Phi) is 44.0. The Morgan fingerprint density at radius 3 is 1.26 bits per heavy atom. The molecular formula is C44H79I3N10O16. The fourth-order valence-electron chi connectivity index (χ4n) is 6.24. The van der Waals surface area contributed by atoms with E-state index in [1.807, 2.05) is 13.8 Å². The third-order valence-electron chi connectivity index (χ3n) is 9.86. The number of hydrogen-bond donors (Lipinski definition) is 7. The lowest BCUT2D eigenvalue weighted by atomic mass is 10.0. The summed E-state index contributed by atoms with van der Waals surface area (Å²) >= 11 is 5.24. The van der Waals surface area contributed by atoms with E-state index in [9.17, 15) is 33.6 Å². The van der Waals surface area contributed by atoms with E-state index in [0.717, 1.165) is 0 Å². The second kappa shape index (κ2) is 45.6. The minimum absolute atomic E-state index is 0.0374. The zero-order chi connectivity index (χ0) is 54.5. The molecule has 0 bridgehead atoms. The highest BCUT2D eigenvalue weighted by atomic mass is 127. The number of halogens is 3. The Hall–Kier alpha value is -2.57. The first-order valence-electron chi connectivity index (χ1n) is 24.2. The fraction of sp³-hybridized carbons (Fsp3) is 0.841. The van der Waals surface area contributed by atoms with Crippen LogP contribution in [0.1, 0.15) is 91.9 Å². The number of hydrogen-bond acceptors (Lipinski definition) is 17. The molecule has 29 heteroatoms. The molecule has 0 aromatic rings. The Morgan fingerprint density at radius 1 is 0.466 bits per heavy atom. The number of azide groups is 1. The van der Waals surface area contributed by atoms with E-state index in [0.29, 0.717) is 71.7 Å². The molecular weight excluding hydrogens is 1310 g/mol. The van der Waals surface area contributed by atoms with Crippen LogP contribution in [0.15, 0.2) is 5.11 Å². The van der Waals surface area contributed by atoms with Gasteiger partial charge in [-0.3, -0.25) is 33.6 Å². The fourth-order valence-corrected chi connectivity index (χ4v) is 6.91. The van der Waals surface area contributed by atoms with Gasteiger partial charge < -0.3 is 74.8 Å². The van der Waals surface area contributed by atoms with E-state index in [1.165, 1.54) is 0 Å². The third-order valence-corrected chi connectivity index (χ3v) is 11.2. The number of nitrogens with zero attached hydrogens (tertiary/aromatic N) is 3. The maximum atomic E-state index is 13.5. The van der Waals surface area contributed by atoms with Crippen molar-refractivity contribution in [3.63, 3.8) is 0 Å². The Labute approximate surface area is 471 Å². The normalized spacial score (nSPS) is 11.5. The SMILES string of the molecule is CC(C)(CCNC(=O)CCOCC(COCCC(=O)NCCOCCC(=O)NCCOI)(COCCC(=O)NCCOCCC(=O)NCCOI)NC(=O)CCCCCN=[N+]=[N-])OC(C)(C)C(=O)NCCOI. The van der Waals surface area contributed by atoms with Gasteiger partial charge in [0.2, 0.25) is 35.4 Å². The molecule has 0 aromatic carbocycles. The predicted octanol–water partition coefficient (Wildman–Crippen LogP) is 2.51. The van der Waals surface area contributed by atoms with Crippen LogP contribution in [0.25, 0.3) is 10.4 Å². The van der Waals surface area contributed by atoms with Crippen LogP contribution < -0.4 is 37.2 Å². The molecule has 0 aliphatic carbocycles. The number of rotatable bonds is 49. The highest BCUT2D eigenvalue weighted by molar-refractivity contribution is 14.1. The summed E-state index contributed by atoms with van der Waals surface area (Å²) in [6, 6.07) is 0. The standard InChI is InChI=1S/C44H79I3N10O16/c1-42(2,73-43(3,4)41(64)54-21-31-72-47)14-16-49-35(58)11-24-67-32-44(56-40(63)8-6-5-7-15-55-57-48,33-68-25-12-38(61)50-17-27-65-22-9-36(59)52-19-29-70-45)34-69-26-13-39(62)51-18-28-66-23-10-37(60)53-20-30-71-46/h5-34H2,1-4H3,(H,49,58)(H,50,61)(H,51,62)(H,52,59)(H,53,60)(H,54,64)(H,56,63). The van der Waals surface area contributed by atoms with Crippen molar-refractivity contribution < 1.29 is 71.2 Å². The van der Waals surface area contributed by atoms with Crippen molar-refractivity contribution in [1.29, 1.82) is 0 Å². The summed E-state index contributed by atoms with van der Waals surface area (Å²) in [4.78, 5) is 90.8. The summed E-state index contributed by atoms with van der Waals surface area (Å²) in [7, 11) is 0. The molecule has 7 amide bonds. The second-order valence-electron chi connectivity index (χ2n) is 17.3. The maximum absolute atomic E-state index is 13.5. The zero-order valence-corrected chi connectivity index (χ0v) is 49.2. The number of unbranched alkanes of at least 4 members (excludes halogenated alkanes) is 2. The molecule has 0 unspecified atom stereocenters. The summed E-state index contributed by atoms with van der Waals surface area (Å²) < 4.78 is 49.7. The van der Waals surface area contributed by atoms with Crippen LogP contribution in [0.5, 0.6) is 0 Å². The molecule has 26 nitrogen and oxygen atoms in total.